The third kappa shape index (κ3) is 1.89. The van der Waals surface area contributed by atoms with Gasteiger partial charge < -0.3 is 4.98 Å². The van der Waals surface area contributed by atoms with E-state index in [1.165, 1.54) is 0 Å². The first kappa shape index (κ1) is 11.3. The molecular formula is C11H11F3N4. The van der Waals surface area contributed by atoms with Crippen LogP contribution in [0.15, 0.2) is 12.4 Å². The normalized spacial score (nSPS) is 19.8. The Morgan fingerprint density at radius 2 is 2.17 bits per heavy atom. The lowest BCUT2D eigenvalue weighted by Crippen LogP contribution is -2.28. The number of aromatic amines is 2. The van der Waals surface area contributed by atoms with Crippen molar-refractivity contribution in [1.82, 2.24) is 20.2 Å². The molecule has 1 aliphatic rings. The van der Waals surface area contributed by atoms with Crippen molar-refractivity contribution in [2.45, 2.75) is 25.4 Å². The van der Waals surface area contributed by atoms with Gasteiger partial charge in [-0.15, -0.1) is 0 Å². The molecule has 0 bridgehead atoms. The molecule has 0 fully saturated rings. The number of nitrogens with zero attached hydrogens (tertiary/aromatic N) is 2. The highest BCUT2D eigenvalue weighted by atomic mass is 19.4. The number of halogens is 3. The smallest absolute Gasteiger partial charge is 0.342 e. The number of nitrogens with one attached hydrogen (secondary N) is 2. The van der Waals surface area contributed by atoms with Crippen molar-refractivity contribution in [3.63, 3.8) is 0 Å². The van der Waals surface area contributed by atoms with Gasteiger partial charge >= 0.3 is 6.18 Å². The van der Waals surface area contributed by atoms with Crippen molar-refractivity contribution in [1.29, 1.82) is 0 Å². The van der Waals surface area contributed by atoms with Crippen LogP contribution in [0.2, 0.25) is 0 Å². The molecule has 0 saturated carbocycles. The maximum Gasteiger partial charge on any atom is 0.392 e. The molecule has 96 valence electrons. The summed E-state index contributed by atoms with van der Waals surface area (Å²) in [6, 6.07) is 0. The van der Waals surface area contributed by atoms with E-state index in [0.717, 1.165) is 11.3 Å². The van der Waals surface area contributed by atoms with E-state index in [0.29, 0.717) is 17.9 Å². The van der Waals surface area contributed by atoms with Crippen LogP contribution in [0, 0.1) is 5.92 Å². The van der Waals surface area contributed by atoms with Crippen LogP contribution in [-0.2, 0) is 12.8 Å². The van der Waals surface area contributed by atoms with Crippen LogP contribution in [0.3, 0.4) is 0 Å². The van der Waals surface area contributed by atoms with Crippen LogP contribution >= 0.6 is 0 Å². The molecule has 0 saturated heterocycles. The second kappa shape index (κ2) is 3.86. The summed E-state index contributed by atoms with van der Waals surface area (Å²) in [4.78, 5) is 7.29. The Hall–Kier alpha value is -1.79. The van der Waals surface area contributed by atoms with Gasteiger partial charge in [-0.1, -0.05) is 0 Å². The van der Waals surface area contributed by atoms with Crippen molar-refractivity contribution >= 4 is 0 Å². The molecule has 0 radical (unpaired) electrons. The number of hydrogen-bond donors (Lipinski definition) is 2. The van der Waals surface area contributed by atoms with Gasteiger partial charge in [0, 0.05) is 18.3 Å². The SMILES string of the molecule is FC(F)(F)C1CCc2nc(-c3cn[nH]c3)[nH]c2C1. The van der Waals surface area contributed by atoms with Crippen LogP contribution in [0.5, 0.6) is 0 Å². The third-order valence-corrected chi connectivity index (χ3v) is 3.28. The molecule has 0 spiro atoms. The summed E-state index contributed by atoms with van der Waals surface area (Å²) in [7, 11) is 0. The summed E-state index contributed by atoms with van der Waals surface area (Å²) in [5, 5.41) is 6.45. The van der Waals surface area contributed by atoms with E-state index in [-0.39, 0.29) is 12.8 Å². The van der Waals surface area contributed by atoms with E-state index in [1.54, 1.807) is 12.4 Å². The first-order valence-electron chi connectivity index (χ1n) is 5.67. The number of alkyl halides is 3. The zero-order valence-electron chi connectivity index (χ0n) is 9.38. The third-order valence-electron chi connectivity index (χ3n) is 3.28. The van der Waals surface area contributed by atoms with Gasteiger partial charge in [0.15, 0.2) is 0 Å². The maximum atomic E-state index is 12.7. The molecular weight excluding hydrogens is 245 g/mol. The Bertz CT molecular complexity index is 541. The van der Waals surface area contributed by atoms with Crippen molar-refractivity contribution in [2.75, 3.05) is 0 Å². The molecule has 2 aromatic rings. The van der Waals surface area contributed by atoms with Gasteiger partial charge in [-0.25, -0.2) is 4.98 Å². The van der Waals surface area contributed by atoms with E-state index in [9.17, 15) is 13.2 Å². The minimum absolute atomic E-state index is 0.0102. The molecule has 2 N–H and O–H groups in total. The largest absolute Gasteiger partial charge is 0.392 e. The first-order chi connectivity index (χ1) is 8.54. The fourth-order valence-corrected chi connectivity index (χ4v) is 2.28. The fraction of sp³-hybridized carbons (Fsp3) is 0.455. The molecule has 0 aromatic carbocycles. The lowest BCUT2D eigenvalue weighted by molar-refractivity contribution is -0.177. The molecule has 18 heavy (non-hydrogen) atoms. The van der Waals surface area contributed by atoms with Crippen LogP contribution in [0.4, 0.5) is 13.2 Å². The van der Waals surface area contributed by atoms with E-state index >= 15 is 0 Å². The molecule has 0 aliphatic heterocycles. The predicted molar refractivity (Wildman–Crippen MR) is 57.7 cm³/mol. The van der Waals surface area contributed by atoms with Crippen molar-refractivity contribution < 1.29 is 13.2 Å². The Balaban J connectivity index is 1.89. The van der Waals surface area contributed by atoms with Gasteiger partial charge in [0.05, 0.1) is 23.4 Å². The lowest BCUT2D eigenvalue weighted by atomic mass is 9.89. The number of fused-ring (bicyclic) bond motifs is 1. The molecule has 1 atom stereocenters. The van der Waals surface area contributed by atoms with Crippen molar-refractivity contribution in [2.24, 2.45) is 5.92 Å². The van der Waals surface area contributed by atoms with Gasteiger partial charge in [0.2, 0.25) is 0 Å². The van der Waals surface area contributed by atoms with Crippen molar-refractivity contribution in [3.05, 3.63) is 23.8 Å². The highest BCUT2D eigenvalue weighted by Crippen LogP contribution is 2.36. The molecule has 2 heterocycles. The van der Waals surface area contributed by atoms with Gasteiger partial charge in [-0.05, 0) is 12.8 Å². The Morgan fingerprint density at radius 3 is 2.83 bits per heavy atom. The second-order valence-corrected chi connectivity index (χ2v) is 4.48. The minimum atomic E-state index is -4.13. The number of imidazole rings is 1. The molecule has 4 nitrogen and oxygen atoms in total. The average Bonchev–Trinajstić information content (AvgIpc) is 2.95. The number of aryl methyl sites for hydroxylation is 1. The zero-order chi connectivity index (χ0) is 12.8. The Labute approximate surface area is 101 Å². The fourth-order valence-electron chi connectivity index (χ4n) is 2.28. The average molecular weight is 256 g/mol. The quantitative estimate of drug-likeness (QED) is 0.823. The Morgan fingerprint density at radius 1 is 1.33 bits per heavy atom. The summed E-state index contributed by atoms with van der Waals surface area (Å²) in [5.74, 6) is -0.681. The van der Waals surface area contributed by atoms with E-state index < -0.39 is 12.1 Å². The van der Waals surface area contributed by atoms with Crippen LogP contribution < -0.4 is 0 Å². The topological polar surface area (TPSA) is 57.4 Å². The summed E-state index contributed by atoms with van der Waals surface area (Å²) >= 11 is 0. The number of H-pyrrole nitrogens is 2. The van der Waals surface area contributed by atoms with Crippen LogP contribution in [-0.4, -0.2) is 26.3 Å². The Kier molecular flexibility index (Phi) is 2.42. The molecule has 1 unspecified atom stereocenters. The van der Waals surface area contributed by atoms with E-state index in [2.05, 4.69) is 20.2 Å². The highest BCUT2D eigenvalue weighted by molar-refractivity contribution is 5.53. The zero-order valence-corrected chi connectivity index (χ0v) is 9.38. The monoisotopic (exact) mass is 256 g/mol. The van der Waals surface area contributed by atoms with Crippen LogP contribution in [0.1, 0.15) is 17.8 Å². The standard InChI is InChI=1S/C11H11F3N4/c12-11(13,14)7-1-2-8-9(3-7)18-10(17-8)6-4-15-16-5-6/h4-5,7H,1-3H2,(H,15,16)(H,17,18). The van der Waals surface area contributed by atoms with Crippen LogP contribution in [0.25, 0.3) is 11.4 Å². The molecule has 7 heteroatoms. The summed E-state index contributed by atoms with van der Waals surface area (Å²) in [5.41, 5.74) is 2.10. The van der Waals surface area contributed by atoms with Gasteiger partial charge in [0.1, 0.15) is 5.82 Å². The van der Waals surface area contributed by atoms with E-state index in [4.69, 9.17) is 0 Å². The molecule has 3 rings (SSSR count). The lowest BCUT2D eigenvalue weighted by Gasteiger charge is -2.23. The highest BCUT2D eigenvalue weighted by Gasteiger charge is 2.42. The minimum Gasteiger partial charge on any atom is -0.342 e. The van der Waals surface area contributed by atoms with Gasteiger partial charge in [-0.3, -0.25) is 5.10 Å². The number of rotatable bonds is 1. The molecule has 2 aromatic heterocycles. The summed E-state index contributed by atoms with van der Waals surface area (Å²) in [6.45, 7) is 0. The van der Waals surface area contributed by atoms with Gasteiger partial charge in [0.25, 0.3) is 0 Å². The molecule has 0 amide bonds. The number of hydrogen-bond acceptors (Lipinski definition) is 2. The van der Waals surface area contributed by atoms with Crippen molar-refractivity contribution in [3.8, 4) is 11.4 Å². The van der Waals surface area contributed by atoms with Gasteiger partial charge in [-0.2, -0.15) is 18.3 Å². The summed E-state index contributed by atoms with van der Waals surface area (Å²) in [6.07, 6.45) is -0.403. The maximum absolute atomic E-state index is 12.7. The van der Waals surface area contributed by atoms with E-state index in [1.807, 2.05) is 0 Å². The predicted octanol–water partition coefficient (Wildman–Crippen LogP) is 2.47. The number of aromatic nitrogens is 4. The molecule has 1 aliphatic carbocycles. The first-order valence-corrected chi connectivity index (χ1v) is 5.67. The summed E-state index contributed by atoms with van der Waals surface area (Å²) < 4.78 is 38.0. The second-order valence-electron chi connectivity index (χ2n) is 4.48.